The highest BCUT2D eigenvalue weighted by Gasteiger charge is 2.16. The summed E-state index contributed by atoms with van der Waals surface area (Å²) in [5, 5.41) is 8.19. The number of ether oxygens (including phenoxy) is 1. The second kappa shape index (κ2) is 10.5. The van der Waals surface area contributed by atoms with Crippen LogP contribution in [0, 0.1) is 0 Å². The van der Waals surface area contributed by atoms with E-state index < -0.39 is 0 Å². The number of amides is 1. The minimum absolute atomic E-state index is 0.00495. The highest BCUT2D eigenvalue weighted by atomic mass is 32.2. The van der Waals surface area contributed by atoms with Crippen LogP contribution in [0.2, 0.25) is 0 Å². The monoisotopic (exact) mass is 388 g/mol. The van der Waals surface area contributed by atoms with Crippen molar-refractivity contribution >= 4 is 34.4 Å². The molecule has 6 nitrogen and oxygen atoms in total. The number of carbonyl (C=O) groups is 1. The minimum Gasteiger partial charge on any atom is -0.385 e. The highest BCUT2D eigenvalue weighted by Crippen LogP contribution is 2.27. The van der Waals surface area contributed by atoms with E-state index in [4.69, 9.17) is 9.72 Å². The van der Waals surface area contributed by atoms with E-state index in [-0.39, 0.29) is 5.91 Å². The average molecular weight is 389 g/mol. The minimum atomic E-state index is -0.00495. The molecule has 1 aromatic carbocycles. The molecule has 2 aromatic rings. The number of benzene rings is 1. The number of methoxy groups -OCH3 is 1. The molecule has 7 heteroatoms. The van der Waals surface area contributed by atoms with Crippen molar-refractivity contribution in [3.63, 3.8) is 0 Å². The number of nitrogens with zero attached hydrogens (tertiary/aromatic N) is 2. The first-order valence-corrected chi connectivity index (χ1v) is 10.7. The van der Waals surface area contributed by atoms with Crippen LogP contribution in [0.1, 0.15) is 38.5 Å². The van der Waals surface area contributed by atoms with Gasteiger partial charge in [-0.3, -0.25) is 4.79 Å². The first kappa shape index (κ1) is 19.9. The maximum absolute atomic E-state index is 12.0. The third kappa shape index (κ3) is 6.07. The van der Waals surface area contributed by atoms with Gasteiger partial charge in [-0.25, -0.2) is 9.97 Å². The van der Waals surface area contributed by atoms with Crippen LogP contribution in [0.4, 0.5) is 5.82 Å². The molecule has 1 fully saturated rings. The third-order valence-corrected chi connectivity index (χ3v) is 5.56. The first-order valence-electron chi connectivity index (χ1n) is 9.68. The number of hydrogen-bond donors (Lipinski definition) is 2. The summed E-state index contributed by atoms with van der Waals surface area (Å²) in [6.45, 7) is 1.28. The summed E-state index contributed by atoms with van der Waals surface area (Å²) >= 11 is 1.38. The van der Waals surface area contributed by atoms with Gasteiger partial charge < -0.3 is 15.4 Å². The van der Waals surface area contributed by atoms with Crippen molar-refractivity contribution in [3.05, 3.63) is 24.3 Å². The lowest BCUT2D eigenvalue weighted by atomic mass is 9.95. The van der Waals surface area contributed by atoms with Gasteiger partial charge in [0, 0.05) is 31.7 Å². The Kier molecular flexibility index (Phi) is 7.71. The number of nitrogens with one attached hydrogen (secondary N) is 2. The number of rotatable bonds is 9. The van der Waals surface area contributed by atoms with Crippen molar-refractivity contribution in [1.82, 2.24) is 15.3 Å². The number of carbonyl (C=O) groups excluding carboxylic acids is 1. The number of para-hydroxylation sites is 1. The molecular formula is C20H28N4O2S. The van der Waals surface area contributed by atoms with Crippen molar-refractivity contribution in [2.75, 3.05) is 31.3 Å². The normalized spacial score (nSPS) is 15.0. The molecule has 3 rings (SSSR count). The Morgan fingerprint density at radius 1 is 1.22 bits per heavy atom. The summed E-state index contributed by atoms with van der Waals surface area (Å²) in [4.78, 5) is 21.3. The number of fused-ring (bicyclic) bond motifs is 1. The van der Waals surface area contributed by atoms with Gasteiger partial charge in [0.1, 0.15) is 5.82 Å². The van der Waals surface area contributed by atoms with Crippen LogP contribution in [-0.4, -0.2) is 47.9 Å². The van der Waals surface area contributed by atoms with Gasteiger partial charge in [-0.1, -0.05) is 43.2 Å². The number of anilines is 1. The van der Waals surface area contributed by atoms with Crippen LogP contribution in [0.15, 0.2) is 29.4 Å². The summed E-state index contributed by atoms with van der Waals surface area (Å²) in [5.41, 5.74) is 0.911. The van der Waals surface area contributed by atoms with Crippen LogP contribution in [0.3, 0.4) is 0 Å². The van der Waals surface area contributed by atoms with Gasteiger partial charge in [0.2, 0.25) is 5.91 Å². The van der Waals surface area contributed by atoms with E-state index in [9.17, 15) is 4.79 Å². The van der Waals surface area contributed by atoms with Gasteiger partial charge in [0.05, 0.1) is 11.3 Å². The molecule has 2 N–H and O–H groups in total. The summed E-state index contributed by atoms with van der Waals surface area (Å²) in [6, 6.07) is 8.52. The fourth-order valence-electron chi connectivity index (χ4n) is 3.30. The number of aromatic nitrogens is 2. The molecule has 0 saturated heterocycles. The van der Waals surface area contributed by atoms with E-state index in [1.165, 1.54) is 43.9 Å². The number of thioether (sulfide) groups is 1. The van der Waals surface area contributed by atoms with E-state index in [0.717, 1.165) is 23.1 Å². The molecule has 1 amide bonds. The Balaban J connectivity index is 1.65. The lowest BCUT2D eigenvalue weighted by molar-refractivity contribution is -0.118. The largest absolute Gasteiger partial charge is 0.385 e. The molecule has 0 bridgehead atoms. The second-order valence-electron chi connectivity index (χ2n) is 6.84. The summed E-state index contributed by atoms with van der Waals surface area (Å²) in [7, 11) is 1.66. The molecule has 0 unspecified atom stereocenters. The Morgan fingerprint density at radius 2 is 2.04 bits per heavy atom. The highest BCUT2D eigenvalue weighted by molar-refractivity contribution is 7.99. The van der Waals surface area contributed by atoms with Crippen molar-refractivity contribution < 1.29 is 9.53 Å². The van der Waals surface area contributed by atoms with Crippen molar-refractivity contribution in [2.45, 2.75) is 49.7 Å². The zero-order valence-corrected chi connectivity index (χ0v) is 16.7. The standard InChI is InChI=1S/C20H28N4O2S/c1-26-13-7-12-21-18(25)14-27-20-23-17-11-6-5-10-16(17)19(24-20)22-15-8-3-2-4-9-15/h5-6,10-11,15H,2-4,7-9,12-14H2,1H3,(H,21,25)(H,22,23,24). The molecule has 1 heterocycles. The van der Waals surface area contributed by atoms with Gasteiger partial charge in [-0.15, -0.1) is 0 Å². The molecule has 0 atom stereocenters. The maximum Gasteiger partial charge on any atom is 0.230 e. The zero-order chi connectivity index (χ0) is 18.9. The molecule has 1 aromatic heterocycles. The Labute approximate surface area is 164 Å². The summed E-state index contributed by atoms with van der Waals surface area (Å²) in [6.07, 6.45) is 7.05. The van der Waals surface area contributed by atoms with E-state index in [0.29, 0.717) is 30.1 Å². The lowest BCUT2D eigenvalue weighted by Crippen LogP contribution is -2.27. The topological polar surface area (TPSA) is 76.1 Å². The third-order valence-electron chi connectivity index (χ3n) is 4.71. The Morgan fingerprint density at radius 3 is 2.85 bits per heavy atom. The summed E-state index contributed by atoms with van der Waals surface area (Å²) in [5.74, 6) is 1.19. The van der Waals surface area contributed by atoms with E-state index >= 15 is 0 Å². The average Bonchev–Trinajstić information content (AvgIpc) is 2.70. The van der Waals surface area contributed by atoms with Crippen LogP contribution in [-0.2, 0) is 9.53 Å². The SMILES string of the molecule is COCCCNC(=O)CSc1nc(NC2CCCCC2)c2ccccc2n1. The quantitative estimate of drug-likeness (QED) is 0.388. The molecule has 1 saturated carbocycles. The zero-order valence-electron chi connectivity index (χ0n) is 15.9. The van der Waals surface area contributed by atoms with Gasteiger partial charge in [-0.2, -0.15) is 0 Å². The fraction of sp³-hybridized carbons (Fsp3) is 0.550. The van der Waals surface area contributed by atoms with Crippen LogP contribution in [0.5, 0.6) is 0 Å². The smallest absolute Gasteiger partial charge is 0.230 e. The molecule has 146 valence electrons. The van der Waals surface area contributed by atoms with Gasteiger partial charge >= 0.3 is 0 Å². The predicted molar refractivity (Wildman–Crippen MR) is 110 cm³/mol. The summed E-state index contributed by atoms with van der Waals surface area (Å²) < 4.78 is 4.99. The second-order valence-corrected chi connectivity index (χ2v) is 7.78. The van der Waals surface area contributed by atoms with E-state index in [1.807, 2.05) is 18.2 Å². The molecular weight excluding hydrogens is 360 g/mol. The van der Waals surface area contributed by atoms with E-state index in [1.54, 1.807) is 7.11 Å². The Hall–Kier alpha value is -1.86. The molecule has 1 aliphatic carbocycles. The number of hydrogen-bond acceptors (Lipinski definition) is 6. The Bertz CT molecular complexity index is 750. The first-order chi connectivity index (χ1) is 13.3. The molecule has 27 heavy (non-hydrogen) atoms. The molecule has 0 radical (unpaired) electrons. The van der Waals surface area contributed by atoms with Crippen molar-refractivity contribution in [3.8, 4) is 0 Å². The van der Waals surface area contributed by atoms with E-state index in [2.05, 4.69) is 21.7 Å². The van der Waals surface area contributed by atoms with Crippen LogP contribution in [0.25, 0.3) is 10.9 Å². The molecule has 1 aliphatic rings. The van der Waals surface area contributed by atoms with Crippen molar-refractivity contribution in [2.24, 2.45) is 0 Å². The van der Waals surface area contributed by atoms with Crippen LogP contribution < -0.4 is 10.6 Å². The van der Waals surface area contributed by atoms with Gasteiger partial charge in [-0.05, 0) is 31.4 Å². The predicted octanol–water partition coefficient (Wildman–Crippen LogP) is 3.62. The molecule has 0 spiro atoms. The van der Waals surface area contributed by atoms with Gasteiger partial charge in [0.25, 0.3) is 0 Å². The van der Waals surface area contributed by atoms with Crippen LogP contribution >= 0.6 is 11.8 Å². The lowest BCUT2D eigenvalue weighted by Gasteiger charge is -2.24. The fourth-order valence-corrected chi connectivity index (χ4v) is 3.98. The van der Waals surface area contributed by atoms with Crippen molar-refractivity contribution in [1.29, 1.82) is 0 Å². The molecule has 0 aliphatic heterocycles. The van der Waals surface area contributed by atoms with Gasteiger partial charge in [0.15, 0.2) is 5.16 Å². The maximum atomic E-state index is 12.0.